The van der Waals surface area contributed by atoms with Gasteiger partial charge >= 0.3 is 0 Å². The first kappa shape index (κ1) is 23.5. The molecule has 0 saturated carbocycles. The zero-order valence-electron chi connectivity index (χ0n) is 22.7. The van der Waals surface area contributed by atoms with Crippen molar-refractivity contribution in [2.75, 3.05) is 0 Å². The highest BCUT2D eigenvalue weighted by Crippen LogP contribution is 2.39. The Hall–Kier alpha value is -5.36. The van der Waals surface area contributed by atoms with E-state index in [1.54, 1.807) is 10.9 Å². The number of benzene rings is 3. The maximum atomic E-state index is 5.40. The number of rotatable bonds is 4. The molecule has 3 aromatic carbocycles. The predicted molar refractivity (Wildman–Crippen MR) is 164 cm³/mol. The van der Waals surface area contributed by atoms with E-state index in [1.807, 2.05) is 30.5 Å². The number of para-hydroxylation sites is 2. The fraction of sp³-hybridized carbons (Fsp3) is 0.0857. The van der Waals surface area contributed by atoms with Gasteiger partial charge < -0.3 is 0 Å². The number of fused-ring (bicyclic) bond motifs is 8. The van der Waals surface area contributed by atoms with Crippen molar-refractivity contribution in [1.82, 2.24) is 29.1 Å². The molecule has 0 aliphatic rings. The molecular weight excluding hydrogens is 504 g/mol. The predicted octanol–water partition coefficient (Wildman–Crippen LogP) is 7.76. The van der Waals surface area contributed by atoms with Crippen LogP contribution in [0, 0.1) is 0 Å². The zero-order chi connectivity index (χ0) is 27.6. The lowest BCUT2D eigenvalue weighted by molar-refractivity contribution is 0.594. The highest BCUT2D eigenvalue weighted by Gasteiger charge is 2.28. The molecule has 0 N–H and O–H groups in total. The van der Waals surface area contributed by atoms with Crippen LogP contribution in [-0.2, 0) is 5.41 Å². The molecule has 0 spiro atoms. The Labute approximate surface area is 236 Å². The van der Waals surface area contributed by atoms with Crippen LogP contribution in [0.4, 0.5) is 0 Å². The van der Waals surface area contributed by atoms with Crippen LogP contribution in [0.15, 0.2) is 122 Å². The number of hydrogen-bond donors (Lipinski definition) is 0. The molecule has 196 valence electrons. The number of imidazole rings is 1. The molecule has 0 atom stereocenters. The minimum absolute atomic E-state index is 0.452. The van der Waals surface area contributed by atoms with Gasteiger partial charge in [-0.1, -0.05) is 66.7 Å². The van der Waals surface area contributed by atoms with Gasteiger partial charge in [-0.05, 0) is 67.4 Å². The second-order valence-electron chi connectivity index (χ2n) is 10.9. The van der Waals surface area contributed by atoms with Crippen LogP contribution < -0.4 is 0 Å². The molecule has 0 radical (unpaired) electrons. The van der Waals surface area contributed by atoms with Gasteiger partial charge in [0.05, 0.1) is 33.5 Å². The second kappa shape index (κ2) is 8.83. The second-order valence-corrected chi connectivity index (χ2v) is 10.9. The normalized spacial score (nSPS) is 12.1. The Balaban J connectivity index is 1.44. The quantitative estimate of drug-likeness (QED) is 0.218. The van der Waals surface area contributed by atoms with Crippen molar-refractivity contribution in [1.29, 1.82) is 0 Å². The van der Waals surface area contributed by atoms with Gasteiger partial charge in [-0.2, -0.15) is 5.10 Å². The number of aromatic nitrogens is 6. The van der Waals surface area contributed by atoms with Crippen LogP contribution in [0.2, 0.25) is 0 Å². The Morgan fingerprint density at radius 3 is 2.29 bits per heavy atom. The molecule has 0 unspecified atom stereocenters. The summed E-state index contributed by atoms with van der Waals surface area (Å²) in [6.07, 6.45) is 3.67. The van der Waals surface area contributed by atoms with Crippen molar-refractivity contribution in [3.05, 3.63) is 133 Å². The smallest absolute Gasteiger partial charge is 0.153 e. The fourth-order valence-electron chi connectivity index (χ4n) is 5.90. The average Bonchev–Trinajstić information content (AvgIpc) is 3.70. The first-order chi connectivity index (χ1) is 20.1. The van der Waals surface area contributed by atoms with Crippen molar-refractivity contribution in [2.45, 2.75) is 19.3 Å². The van der Waals surface area contributed by atoms with Crippen LogP contribution in [-0.4, -0.2) is 29.1 Å². The lowest BCUT2D eigenvalue weighted by Gasteiger charge is -2.25. The summed E-state index contributed by atoms with van der Waals surface area (Å²) in [6.45, 7) is 4.36. The summed E-state index contributed by atoms with van der Waals surface area (Å²) in [5.41, 5.74) is 8.68. The third-order valence-corrected chi connectivity index (χ3v) is 8.06. The van der Waals surface area contributed by atoms with Crippen LogP contribution in [0.1, 0.15) is 25.2 Å². The number of pyridine rings is 3. The maximum absolute atomic E-state index is 5.40. The van der Waals surface area contributed by atoms with Crippen molar-refractivity contribution >= 4 is 38.5 Å². The third-order valence-electron chi connectivity index (χ3n) is 8.06. The van der Waals surface area contributed by atoms with E-state index in [4.69, 9.17) is 15.0 Å². The number of nitrogens with zero attached hydrogens (tertiary/aromatic N) is 6. The minimum atomic E-state index is -0.452. The summed E-state index contributed by atoms with van der Waals surface area (Å²) in [5, 5.41) is 6.55. The van der Waals surface area contributed by atoms with E-state index < -0.39 is 5.41 Å². The van der Waals surface area contributed by atoms with E-state index in [-0.39, 0.29) is 0 Å². The molecule has 0 fully saturated rings. The molecule has 6 nitrogen and oxygen atoms in total. The Bertz CT molecular complexity index is 2230. The fourth-order valence-corrected chi connectivity index (χ4v) is 5.90. The summed E-state index contributed by atoms with van der Waals surface area (Å²) in [4.78, 5) is 15.5. The lowest BCUT2D eigenvalue weighted by Crippen LogP contribution is -2.23. The molecule has 0 bridgehead atoms. The lowest BCUT2D eigenvalue weighted by atomic mass is 9.84. The Morgan fingerprint density at radius 1 is 0.634 bits per heavy atom. The highest BCUT2D eigenvalue weighted by atomic mass is 15.3. The van der Waals surface area contributed by atoms with Gasteiger partial charge in [-0.15, -0.1) is 0 Å². The van der Waals surface area contributed by atoms with Crippen LogP contribution >= 0.6 is 0 Å². The van der Waals surface area contributed by atoms with E-state index in [9.17, 15) is 0 Å². The first-order valence-electron chi connectivity index (χ1n) is 13.8. The van der Waals surface area contributed by atoms with Gasteiger partial charge in [0.15, 0.2) is 5.82 Å². The summed E-state index contributed by atoms with van der Waals surface area (Å²) < 4.78 is 4.05. The van der Waals surface area contributed by atoms with Gasteiger partial charge in [0, 0.05) is 28.6 Å². The summed E-state index contributed by atoms with van der Waals surface area (Å²) >= 11 is 0. The van der Waals surface area contributed by atoms with Crippen molar-refractivity contribution in [3.63, 3.8) is 0 Å². The van der Waals surface area contributed by atoms with E-state index in [1.165, 1.54) is 0 Å². The van der Waals surface area contributed by atoms with E-state index in [2.05, 4.69) is 108 Å². The Kier molecular flexibility index (Phi) is 5.06. The monoisotopic (exact) mass is 530 g/mol. The van der Waals surface area contributed by atoms with Gasteiger partial charge in [0.1, 0.15) is 5.65 Å². The molecule has 6 heteroatoms. The standard InChI is InChI=1S/C35H26N6/c1-35(2,29-17-9-18-31(38-29)40-22-10-21-36-40)30-20-19-28-33(39-30)25-14-8-13-24(23-11-4-3-5-12-23)32(25)34-37-26-15-6-7-16-27(26)41(28)34/h3-22H,1-2H3. The molecular formula is C35H26N6. The van der Waals surface area contributed by atoms with E-state index >= 15 is 0 Å². The highest BCUT2D eigenvalue weighted by molar-refractivity contribution is 6.17. The molecule has 0 amide bonds. The SMILES string of the molecule is CC(C)(c1cccc(-n2cccn2)n1)c1ccc2c(n1)c1cccc(-c3ccccc3)c1c1nc3ccccc3n21. The molecule has 41 heavy (non-hydrogen) atoms. The van der Waals surface area contributed by atoms with Gasteiger partial charge in [0.2, 0.25) is 0 Å². The molecule has 0 aliphatic carbocycles. The maximum Gasteiger partial charge on any atom is 0.153 e. The van der Waals surface area contributed by atoms with Crippen LogP contribution in [0.25, 0.3) is 55.4 Å². The minimum Gasteiger partial charge on any atom is -0.290 e. The molecule has 5 heterocycles. The molecule has 0 aliphatic heterocycles. The third kappa shape index (κ3) is 3.57. The summed E-state index contributed by atoms with van der Waals surface area (Å²) in [6, 6.07) is 37.6. The van der Waals surface area contributed by atoms with Gasteiger partial charge in [-0.3, -0.25) is 4.40 Å². The molecule has 8 aromatic rings. The molecule has 8 rings (SSSR count). The first-order valence-corrected chi connectivity index (χ1v) is 13.8. The van der Waals surface area contributed by atoms with Crippen LogP contribution in [0.3, 0.4) is 0 Å². The topological polar surface area (TPSA) is 60.9 Å². The molecule has 5 aromatic heterocycles. The van der Waals surface area contributed by atoms with Crippen LogP contribution in [0.5, 0.6) is 0 Å². The van der Waals surface area contributed by atoms with Crippen molar-refractivity contribution in [2.24, 2.45) is 0 Å². The Morgan fingerprint density at radius 2 is 1.44 bits per heavy atom. The summed E-state index contributed by atoms with van der Waals surface area (Å²) in [5.74, 6) is 0.783. The average molecular weight is 531 g/mol. The van der Waals surface area contributed by atoms with Crippen molar-refractivity contribution < 1.29 is 0 Å². The summed E-state index contributed by atoms with van der Waals surface area (Å²) in [7, 11) is 0. The zero-order valence-corrected chi connectivity index (χ0v) is 22.7. The van der Waals surface area contributed by atoms with Crippen molar-refractivity contribution in [3.8, 4) is 16.9 Å². The van der Waals surface area contributed by atoms with E-state index in [0.717, 1.165) is 66.8 Å². The number of hydrogen-bond acceptors (Lipinski definition) is 4. The largest absolute Gasteiger partial charge is 0.290 e. The molecule has 0 saturated heterocycles. The van der Waals surface area contributed by atoms with E-state index in [0.29, 0.717) is 0 Å². The van der Waals surface area contributed by atoms with Gasteiger partial charge in [0.25, 0.3) is 0 Å². The van der Waals surface area contributed by atoms with Gasteiger partial charge in [-0.25, -0.2) is 19.6 Å².